The van der Waals surface area contributed by atoms with Gasteiger partial charge in [0.25, 0.3) is 0 Å². The number of sulfonamides is 2. The molecule has 262 valence electrons. The van der Waals surface area contributed by atoms with Crippen LogP contribution in [0.5, 0.6) is 0 Å². The van der Waals surface area contributed by atoms with Crippen molar-refractivity contribution >= 4 is 31.9 Å². The van der Waals surface area contributed by atoms with Crippen LogP contribution < -0.4 is 15.4 Å². The lowest BCUT2D eigenvalue weighted by molar-refractivity contribution is -0.126. The molecule has 0 saturated heterocycles. The minimum absolute atomic E-state index is 0. The first-order chi connectivity index (χ1) is 16.9. The van der Waals surface area contributed by atoms with Crippen molar-refractivity contribution in [1.82, 2.24) is 34.4 Å². The Morgan fingerprint density at radius 3 is 0.878 bits per heavy atom. The maximum atomic E-state index is 10.5. The Bertz CT molecular complexity index is 698. The van der Waals surface area contributed by atoms with Gasteiger partial charge in [-0.05, 0) is 62.4 Å². The number of hydrogen-bond acceptors (Lipinski definition) is 9. The van der Waals surface area contributed by atoms with Crippen LogP contribution in [0.25, 0.3) is 0 Å². The van der Waals surface area contributed by atoms with Gasteiger partial charge in [-0.25, -0.2) is 25.9 Å². The minimum Gasteiger partial charge on any atom is -0.359 e. The van der Waals surface area contributed by atoms with E-state index in [0.717, 1.165) is 19.3 Å². The summed E-state index contributed by atoms with van der Waals surface area (Å²) in [7, 11) is 14.2. The molecular formula is C26H75N7O6S2. The van der Waals surface area contributed by atoms with Gasteiger partial charge >= 0.3 is 0 Å². The molecule has 3 N–H and O–H groups in total. The quantitative estimate of drug-likeness (QED) is 0.407. The van der Waals surface area contributed by atoms with Gasteiger partial charge in [-0.3, -0.25) is 9.59 Å². The van der Waals surface area contributed by atoms with Gasteiger partial charge in [-0.1, -0.05) is 43.1 Å². The second kappa shape index (κ2) is 45.6. The van der Waals surface area contributed by atoms with Gasteiger partial charge in [-0.2, -0.15) is 0 Å². The molecule has 0 aromatic heterocycles. The molecule has 0 aliphatic rings. The molecule has 0 aromatic rings. The van der Waals surface area contributed by atoms with Crippen LogP contribution in [0.4, 0.5) is 0 Å². The summed E-state index contributed by atoms with van der Waals surface area (Å²) < 4.78 is 44.1. The number of rotatable bonds is 5. The van der Waals surface area contributed by atoms with Crippen molar-refractivity contribution in [2.24, 2.45) is 0 Å². The number of carbonyl (C=O) groups is 2. The van der Waals surface area contributed by atoms with Gasteiger partial charge in [0, 0.05) is 48.6 Å². The van der Waals surface area contributed by atoms with Crippen molar-refractivity contribution < 1.29 is 26.4 Å². The third-order valence-corrected chi connectivity index (χ3v) is 5.48. The van der Waals surface area contributed by atoms with E-state index in [1.807, 2.05) is 33.1 Å². The largest absolute Gasteiger partial charge is 0.359 e. The Kier molecular flexibility index (Phi) is 75.0. The van der Waals surface area contributed by atoms with Crippen LogP contribution in [-0.4, -0.2) is 157 Å². The molecule has 0 bridgehead atoms. The Morgan fingerprint density at radius 2 is 0.878 bits per heavy atom. The highest BCUT2D eigenvalue weighted by Gasteiger charge is 2.05. The number of nitrogens with one attached hydrogen (secondary N) is 3. The van der Waals surface area contributed by atoms with Crippen molar-refractivity contribution in [2.45, 2.75) is 56.9 Å². The predicted octanol–water partition coefficient (Wildman–Crippen LogP) is 1.79. The second-order valence-electron chi connectivity index (χ2n) is 8.32. The molecule has 15 heteroatoms. The zero-order chi connectivity index (χ0) is 32.7. The fourth-order valence-corrected chi connectivity index (χ4v) is 0.704. The van der Waals surface area contributed by atoms with E-state index in [-0.39, 0.29) is 34.1 Å². The standard InChI is InChI=1S/C4H11NO2S.C4H9NO.C4H11N.C3H7NO.2C3H9N.C2H7NO2S.3CH4/c1-4-5(2)8(3,6)7;1-4(6)5(2)3;1-4-5(2)3;1-3(5)4-2;1-4(2)3;1-3-4-2;1-3-6(2,4)5;;;/h4H2,1-3H3;1-3H3;4H2,1-3H3;1-2H3,(H,4,5);1-3H3;4H,3H2,1-2H3;3H,1-2H3;3*1H4. The summed E-state index contributed by atoms with van der Waals surface area (Å²) in [6.45, 7) is 11.7. The highest BCUT2D eigenvalue weighted by Crippen LogP contribution is 1.88. The van der Waals surface area contributed by atoms with Gasteiger partial charge in [0.1, 0.15) is 0 Å². The van der Waals surface area contributed by atoms with Crippen molar-refractivity contribution in [1.29, 1.82) is 0 Å². The average Bonchev–Trinajstić information content (AvgIpc) is 2.78. The van der Waals surface area contributed by atoms with Crippen LogP contribution in [0.15, 0.2) is 0 Å². The molecule has 41 heavy (non-hydrogen) atoms. The van der Waals surface area contributed by atoms with Gasteiger partial charge in [0.05, 0.1) is 12.5 Å². The third kappa shape index (κ3) is 149. The van der Waals surface area contributed by atoms with E-state index >= 15 is 0 Å². The fraction of sp³-hybridized carbons (Fsp3) is 0.923. The van der Waals surface area contributed by atoms with Crippen molar-refractivity contribution in [2.75, 3.05) is 110 Å². The Hall–Kier alpha value is -1.36. The molecular weight excluding hydrogens is 570 g/mol. The number of hydrogen-bond donors (Lipinski definition) is 3. The number of carbonyl (C=O) groups excluding carboxylic acids is 2. The molecule has 0 unspecified atom stereocenters. The predicted molar refractivity (Wildman–Crippen MR) is 185 cm³/mol. The molecule has 0 aliphatic carbocycles. The lowest BCUT2D eigenvalue weighted by Crippen LogP contribution is -2.24. The van der Waals surface area contributed by atoms with Gasteiger partial charge in [-0.15, -0.1) is 0 Å². The molecule has 0 saturated carbocycles. The highest BCUT2D eigenvalue weighted by molar-refractivity contribution is 7.88. The van der Waals surface area contributed by atoms with E-state index in [1.54, 1.807) is 35.1 Å². The Morgan fingerprint density at radius 1 is 0.683 bits per heavy atom. The molecule has 0 spiro atoms. The van der Waals surface area contributed by atoms with Crippen LogP contribution in [0.1, 0.15) is 56.9 Å². The van der Waals surface area contributed by atoms with Crippen LogP contribution in [0.2, 0.25) is 0 Å². The van der Waals surface area contributed by atoms with E-state index in [9.17, 15) is 26.4 Å². The normalized spacial score (nSPS) is 8.90. The number of nitrogens with zero attached hydrogens (tertiary/aromatic N) is 4. The molecule has 0 aromatic carbocycles. The van der Waals surface area contributed by atoms with Crippen LogP contribution in [0, 0.1) is 0 Å². The average molecular weight is 646 g/mol. The van der Waals surface area contributed by atoms with Crippen LogP contribution in [0.3, 0.4) is 0 Å². The maximum Gasteiger partial charge on any atom is 0.218 e. The molecule has 0 aliphatic heterocycles. The summed E-state index contributed by atoms with van der Waals surface area (Å²) in [5.41, 5.74) is 0. The lowest BCUT2D eigenvalue weighted by Gasteiger charge is -2.08. The van der Waals surface area contributed by atoms with Crippen molar-refractivity contribution in [3.63, 3.8) is 0 Å². The first kappa shape index (κ1) is 67.4. The van der Waals surface area contributed by atoms with Gasteiger partial charge in [0.2, 0.25) is 31.9 Å². The zero-order valence-electron chi connectivity index (χ0n) is 27.7. The fourth-order valence-electron chi connectivity index (χ4n) is 0.235. The molecule has 0 atom stereocenters. The highest BCUT2D eigenvalue weighted by atomic mass is 32.2. The molecule has 0 rings (SSSR count). The number of amides is 2. The molecule has 0 radical (unpaired) electrons. The second-order valence-corrected chi connectivity index (χ2v) is 12.4. The zero-order valence-corrected chi connectivity index (χ0v) is 29.3. The van der Waals surface area contributed by atoms with Gasteiger partial charge < -0.3 is 25.3 Å². The van der Waals surface area contributed by atoms with Crippen molar-refractivity contribution in [3.05, 3.63) is 0 Å². The summed E-state index contributed by atoms with van der Waals surface area (Å²) in [5.74, 6) is 0.0972. The van der Waals surface area contributed by atoms with E-state index in [2.05, 4.69) is 48.2 Å². The van der Waals surface area contributed by atoms with E-state index in [4.69, 9.17) is 0 Å². The van der Waals surface area contributed by atoms with E-state index < -0.39 is 20.0 Å². The molecule has 0 heterocycles. The van der Waals surface area contributed by atoms with Crippen LogP contribution in [-0.2, 0) is 29.6 Å². The Balaban J connectivity index is -0.0000000342. The monoisotopic (exact) mass is 646 g/mol. The summed E-state index contributed by atoms with van der Waals surface area (Å²) in [6.07, 6.45) is 2.30. The van der Waals surface area contributed by atoms with E-state index in [1.165, 1.54) is 36.4 Å². The minimum atomic E-state index is -2.92. The third-order valence-electron chi connectivity index (χ3n) is 3.35. The molecule has 13 nitrogen and oxygen atoms in total. The summed E-state index contributed by atoms with van der Waals surface area (Å²) in [6, 6.07) is 0. The first-order valence-corrected chi connectivity index (χ1v) is 15.7. The molecule has 2 amide bonds. The Labute approximate surface area is 258 Å². The van der Waals surface area contributed by atoms with E-state index in [0.29, 0.717) is 6.54 Å². The van der Waals surface area contributed by atoms with Crippen LogP contribution >= 0.6 is 0 Å². The summed E-state index contributed by atoms with van der Waals surface area (Å²) in [5, 5.41) is 5.32. The van der Waals surface area contributed by atoms with Gasteiger partial charge in [0.15, 0.2) is 0 Å². The van der Waals surface area contributed by atoms with Crippen molar-refractivity contribution in [3.8, 4) is 0 Å². The summed E-state index contributed by atoms with van der Waals surface area (Å²) in [4.78, 5) is 25.4. The maximum absolute atomic E-state index is 10.5. The summed E-state index contributed by atoms with van der Waals surface area (Å²) >= 11 is 0. The topological polar surface area (TPSA) is 151 Å². The first-order valence-electron chi connectivity index (χ1n) is 11.9. The molecule has 0 fully saturated rings. The smallest absolute Gasteiger partial charge is 0.218 e. The lowest BCUT2D eigenvalue weighted by atomic mass is 10.7. The SMILES string of the molecule is C.C.C.CC(=O)N(C)C.CCN(C)C.CCN(C)S(C)(=O)=O.CCNC.CN(C)C.CNC(C)=O.CNS(C)(=O)=O.